The van der Waals surface area contributed by atoms with E-state index in [0.29, 0.717) is 5.56 Å². The van der Waals surface area contributed by atoms with Crippen molar-refractivity contribution in [2.75, 3.05) is 12.4 Å². The topological polar surface area (TPSA) is 66.4 Å². The van der Waals surface area contributed by atoms with Crippen LogP contribution in [-0.2, 0) is 4.79 Å². The molecule has 0 aromatic heterocycles. The lowest BCUT2D eigenvalue weighted by Crippen LogP contribution is -2.14. The van der Waals surface area contributed by atoms with Gasteiger partial charge in [0.05, 0.1) is 5.92 Å². The van der Waals surface area contributed by atoms with Crippen molar-refractivity contribution in [2.24, 2.45) is 5.92 Å². The number of Topliss-reactive ketones (excluding diaryl/α,β-unsaturated/α-hetero) is 1. The van der Waals surface area contributed by atoms with E-state index in [1.165, 1.54) is 6.92 Å². The van der Waals surface area contributed by atoms with Crippen LogP contribution in [-0.4, -0.2) is 23.9 Å². The van der Waals surface area contributed by atoms with Crippen molar-refractivity contribution in [1.82, 2.24) is 0 Å². The lowest BCUT2D eigenvalue weighted by molar-refractivity contribution is -0.141. The number of hydrogen-bond donors (Lipinski definition) is 2. The van der Waals surface area contributed by atoms with Crippen molar-refractivity contribution in [3.05, 3.63) is 54.1 Å². The second-order valence-corrected chi connectivity index (χ2v) is 5.27. The first kappa shape index (κ1) is 15.8. The Kier molecular flexibility index (Phi) is 4.94. The summed E-state index contributed by atoms with van der Waals surface area (Å²) in [6.07, 6.45) is 0.0194. The molecular formula is C18H19NO3. The number of rotatable bonds is 6. The number of aliphatic carboxylic acids is 1. The van der Waals surface area contributed by atoms with E-state index in [9.17, 15) is 9.59 Å². The number of carbonyl (C=O) groups excluding carboxylic acids is 1. The standard InChI is InChI=1S/C18H19NO3/c1-12(18(21)22)11-17(20)15-5-3-13(4-6-15)14-7-9-16(19-2)10-8-14/h3-10,12,19H,11H2,1-2H3,(H,21,22). The van der Waals surface area contributed by atoms with E-state index in [1.807, 2.05) is 43.4 Å². The molecule has 114 valence electrons. The van der Waals surface area contributed by atoms with Gasteiger partial charge in [-0.2, -0.15) is 0 Å². The minimum absolute atomic E-state index is 0.0194. The van der Waals surface area contributed by atoms with Gasteiger partial charge >= 0.3 is 5.97 Å². The van der Waals surface area contributed by atoms with Gasteiger partial charge < -0.3 is 10.4 Å². The maximum absolute atomic E-state index is 12.0. The summed E-state index contributed by atoms with van der Waals surface area (Å²) in [5.74, 6) is -1.76. The molecule has 0 amide bonds. The zero-order valence-corrected chi connectivity index (χ0v) is 12.7. The predicted octanol–water partition coefficient (Wildman–Crippen LogP) is 3.69. The summed E-state index contributed by atoms with van der Waals surface area (Å²) in [7, 11) is 1.87. The quantitative estimate of drug-likeness (QED) is 0.798. The van der Waals surface area contributed by atoms with Crippen molar-refractivity contribution < 1.29 is 14.7 Å². The van der Waals surface area contributed by atoms with E-state index in [0.717, 1.165) is 16.8 Å². The molecule has 0 aliphatic carbocycles. The van der Waals surface area contributed by atoms with Crippen LogP contribution in [0.4, 0.5) is 5.69 Å². The third-order valence-electron chi connectivity index (χ3n) is 3.63. The van der Waals surface area contributed by atoms with Crippen molar-refractivity contribution in [1.29, 1.82) is 0 Å². The third kappa shape index (κ3) is 3.73. The molecule has 2 aromatic rings. The van der Waals surface area contributed by atoms with Gasteiger partial charge in [-0.15, -0.1) is 0 Å². The number of nitrogens with one attached hydrogen (secondary N) is 1. The summed E-state index contributed by atoms with van der Waals surface area (Å²) in [6, 6.07) is 15.3. The number of carboxylic acids is 1. The SMILES string of the molecule is CNc1ccc(-c2ccc(C(=O)CC(C)C(=O)O)cc2)cc1. The van der Waals surface area contributed by atoms with Crippen LogP contribution in [0.25, 0.3) is 11.1 Å². The number of carboxylic acid groups (broad SMARTS) is 1. The predicted molar refractivity (Wildman–Crippen MR) is 87.2 cm³/mol. The molecule has 0 radical (unpaired) electrons. The largest absolute Gasteiger partial charge is 0.481 e. The zero-order chi connectivity index (χ0) is 16.1. The van der Waals surface area contributed by atoms with E-state index in [2.05, 4.69) is 5.32 Å². The lowest BCUT2D eigenvalue weighted by atomic mass is 9.97. The van der Waals surface area contributed by atoms with Gasteiger partial charge in [-0.05, 0) is 23.3 Å². The smallest absolute Gasteiger partial charge is 0.306 e. The number of anilines is 1. The van der Waals surface area contributed by atoms with Gasteiger partial charge in [0.1, 0.15) is 0 Å². The summed E-state index contributed by atoms with van der Waals surface area (Å²) in [5.41, 5.74) is 3.67. The van der Waals surface area contributed by atoms with Gasteiger partial charge in [0.15, 0.2) is 5.78 Å². The lowest BCUT2D eigenvalue weighted by Gasteiger charge is -2.07. The van der Waals surface area contributed by atoms with Gasteiger partial charge in [0, 0.05) is 24.7 Å². The van der Waals surface area contributed by atoms with Crippen molar-refractivity contribution >= 4 is 17.4 Å². The summed E-state index contributed by atoms with van der Waals surface area (Å²) >= 11 is 0. The molecule has 0 saturated heterocycles. The summed E-state index contributed by atoms with van der Waals surface area (Å²) in [4.78, 5) is 22.8. The van der Waals surface area contributed by atoms with E-state index in [1.54, 1.807) is 12.1 Å². The zero-order valence-electron chi connectivity index (χ0n) is 12.7. The Labute approximate surface area is 129 Å². The van der Waals surface area contributed by atoms with Gasteiger partial charge in [-0.1, -0.05) is 43.3 Å². The van der Waals surface area contributed by atoms with Gasteiger partial charge in [0.2, 0.25) is 0 Å². The summed E-state index contributed by atoms with van der Waals surface area (Å²) in [6.45, 7) is 1.54. The Morgan fingerprint density at radius 3 is 1.95 bits per heavy atom. The number of hydrogen-bond acceptors (Lipinski definition) is 3. The fourth-order valence-corrected chi connectivity index (χ4v) is 2.16. The fourth-order valence-electron chi connectivity index (χ4n) is 2.16. The van der Waals surface area contributed by atoms with Crippen LogP contribution in [0.1, 0.15) is 23.7 Å². The number of benzene rings is 2. The molecule has 1 atom stereocenters. The van der Waals surface area contributed by atoms with Crippen LogP contribution in [0.5, 0.6) is 0 Å². The molecule has 0 spiro atoms. The molecule has 4 heteroatoms. The molecule has 0 fully saturated rings. The van der Waals surface area contributed by atoms with Crippen LogP contribution < -0.4 is 5.32 Å². The highest BCUT2D eigenvalue weighted by Gasteiger charge is 2.16. The molecule has 1 unspecified atom stereocenters. The third-order valence-corrected chi connectivity index (χ3v) is 3.63. The van der Waals surface area contributed by atoms with Crippen molar-refractivity contribution in [3.8, 4) is 11.1 Å². The van der Waals surface area contributed by atoms with Crippen LogP contribution in [0.2, 0.25) is 0 Å². The maximum atomic E-state index is 12.0. The summed E-state index contributed by atoms with van der Waals surface area (Å²) in [5, 5.41) is 11.9. The molecule has 2 N–H and O–H groups in total. The van der Waals surface area contributed by atoms with Gasteiger partial charge in [-0.3, -0.25) is 9.59 Å². The summed E-state index contributed by atoms with van der Waals surface area (Å²) < 4.78 is 0. The highest BCUT2D eigenvalue weighted by Crippen LogP contribution is 2.22. The molecule has 0 aliphatic heterocycles. The molecule has 4 nitrogen and oxygen atoms in total. The first-order chi connectivity index (χ1) is 10.5. The van der Waals surface area contributed by atoms with Gasteiger partial charge in [0.25, 0.3) is 0 Å². The highest BCUT2D eigenvalue weighted by atomic mass is 16.4. The van der Waals surface area contributed by atoms with Crippen LogP contribution in [0.15, 0.2) is 48.5 Å². The molecule has 0 heterocycles. The van der Waals surface area contributed by atoms with E-state index in [4.69, 9.17) is 5.11 Å². The molecule has 2 aromatic carbocycles. The average Bonchev–Trinajstić information content (AvgIpc) is 2.55. The van der Waals surface area contributed by atoms with Crippen molar-refractivity contribution in [2.45, 2.75) is 13.3 Å². The van der Waals surface area contributed by atoms with Gasteiger partial charge in [-0.25, -0.2) is 0 Å². The minimum atomic E-state index is -0.949. The Hall–Kier alpha value is -2.62. The van der Waals surface area contributed by atoms with E-state index in [-0.39, 0.29) is 12.2 Å². The monoisotopic (exact) mass is 297 g/mol. The van der Waals surface area contributed by atoms with Crippen LogP contribution >= 0.6 is 0 Å². The number of ketones is 1. The first-order valence-electron chi connectivity index (χ1n) is 7.15. The minimum Gasteiger partial charge on any atom is -0.481 e. The van der Waals surface area contributed by atoms with E-state index < -0.39 is 11.9 Å². The van der Waals surface area contributed by atoms with Crippen LogP contribution in [0, 0.1) is 5.92 Å². The molecule has 22 heavy (non-hydrogen) atoms. The second-order valence-electron chi connectivity index (χ2n) is 5.27. The second kappa shape index (κ2) is 6.89. The Morgan fingerprint density at radius 1 is 1.00 bits per heavy atom. The molecule has 0 saturated carbocycles. The fraction of sp³-hybridized carbons (Fsp3) is 0.222. The number of carbonyl (C=O) groups is 2. The normalized spacial score (nSPS) is 11.7. The molecule has 0 aliphatic rings. The van der Waals surface area contributed by atoms with Crippen molar-refractivity contribution in [3.63, 3.8) is 0 Å². The molecule has 0 bridgehead atoms. The Balaban J connectivity index is 2.12. The van der Waals surface area contributed by atoms with Crippen LogP contribution in [0.3, 0.4) is 0 Å². The Bertz CT molecular complexity index is 660. The first-order valence-corrected chi connectivity index (χ1v) is 7.15. The Morgan fingerprint density at radius 2 is 1.50 bits per heavy atom. The van der Waals surface area contributed by atoms with E-state index >= 15 is 0 Å². The maximum Gasteiger partial charge on any atom is 0.306 e. The molecular weight excluding hydrogens is 278 g/mol. The highest BCUT2D eigenvalue weighted by molar-refractivity contribution is 5.98. The molecule has 2 rings (SSSR count). The average molecular weight is 297 g/mol.